The van der Waals surface area contributed by atoms with Crippen LogP contribution in [-0.2, 0) is 21.5 Å². The number of ether oxygens (including phenoxy) is 2. The normalized spacial score (nSPS) is 18.2. The molecule has 1 heterocycles. The van der Waals surface area contributed by atoms with Crippen molar-refractivity contribution >= 4 is 17.5 Å². The Kier molecular flexibility index (Phi) is 6.18. The molecule has 8 nitrogen and oxygen atoms in total. The van der Waals surface area contributed by atoms with E-state index in [9.17, 15) is 24.6 Å². The van der Waals surface area contributed by atoms with Crippen LogP contribution >= 0.6 is 0 Å². The number of nitrogens with one attached hydrogen (secondary N) is 1. The summed E-state index contributed by atoms with van der Waals surface area (Å²) in [5.74, 6) is -2.72. The van der Waals surface area contributed by atoms with Gasteiger partial charge in [-0.2, -0.15) is 0 Å². The number of amides is 1. The Bertz CT molecular complexity index is 1450. The maximum atomic E-state index is 13.6. The Hall–Kier alpha value is -4.07. The molecular weight excluding hydrogens is 474 g/mol. The zero-order valence-corrected chi connectivity index (χ0v) is 22.3. The van der Waals surface area contributed by atoms with Gasteiger partial charge in [0.25, 0.3) is 5.91 Å². The highest BCUT2D eigenvalue weighted by molar-refractivity contribution is 6.25. The molecule has 0 unspecified atom stereocenters. The van der Waals surface area contributed by atoms with Gasteiger partial charge in [-0.3, -0.25) is 14.4 Å². The third kappa shape index (κ3) is 3.62. The molecule has 1 atom stereocenters. The Balaban J connectivity index is 1.81. The lowest BCUT2D eigenvalue weighted by atomic mass is 9.71. The van der Waals surface area contributed by atoms with Crippen molar-refractivity contribution < 1.29 is 34.1 Å². The summed E-state index contributed by atoms with van der Waals surface area (Å²) in [6, 6.07) is 1.25. The molecule has 2 aromatic carbocycles. The second-order valence-corrected chi connectivity index (χ2v) is 9.84. The van der Waals surface area contributed by atoms with Crippen molar-refractivity contribution in [3.63, 3.8) is 0 Å². The van der Waals surface area contributed by atoms with E-state index >= 15 is 0 Å². The van der Waals surface area contributed by atoms with Crippen molar-refractivity contribution in [2.24, 2.45) is 0 Å². The molecule has 194 valence electrons. The van der Waals surface area contributed by atoms with Gasteiger partial charge in [0.1, 0.15) is 39.6 Å². The first-order valence-corrected chi connectivity index (χ1v) is 11.9. The largest absolute Gasteiger partial charge is 0.507 e. The lowest BCUT2D eigenvalue weighted by molar-refractivity contribution is -0.123. The molecule has 1 aliphatic heterocycles. The van der Waals surface area contributed by atoms with Gasteiger partial charge in [-0.25, -0.2) is 0 Å². The predicted octanol–water partition coefficient (Wildman–Crippen LogP) is 4.39. The van der Waals surface area contributed by atoms with Gasteiger partial charge in [-0.15, -0.1) is 0 Å². The van der Waals surface area contributed by atoms with Crippen molar-refractivity contribution in [1.82, 2.24) is 5.32 Å². The fraction of sp³-hybridized carbons (Fsp3) is 0.345. The molecule has 3 N–H and O–H groups in total. The number of hydrogen-bond donors (Lipinski definition) is 3. The third-order valence-corrected chi connectivity index (χ3v) is 8.01. The number of ketones is 2. The number of benzene rings is 2. The van der Waals surface area contributed by atoms with E-state index in [-0.39, 0.29) is 46.3 Å². The van der Waals surface area contributed by atoms with Gasteiger partial charge in [-0.1, -0.05) is 0 Å². The van der Waals surface area contributed by atoms with Crippen molar-refractivity contribution in [3.05, 3.63) is 73.7 Å². The highest BCUT2D eigenvalue weighted by Crippen LogP contribution is 2.56. The average molecular weight is 506 g/mol. The number of fused-ring (bicyclic) bond motifs is 3. The van der Waals surface area contributed by atoms with Crippen LogP contribution in [0.1, 0.15) is 63.1 Å². The summed E-state index contributed by atoms with van der Waals surface area (Å²) in [5, 5.41) is 24.2. The van der Waals surface area contributed by atoms with Crippen LogP contribution in [0.25, 0.3) is 0 Å². The Morgan fingerprint density at radius 2 is 1.59 bits per heavy atom. The molecule has 0 saturated carbocycles. The quantitative estimate of drug-likeness (QED) is 0.515. The Morgan fingerprint density at radius 1 is 1.03 bits per heavy atom. The monoisotopic (exact) mass is 505 g/mol. The first kappa shape index (κ1) is 26.0. The van der Waals surface area contributed by atoms with Crippen molar-refractivity contribution in [3.8, 4) is 17.2 Å². The molecule has 0 aromatic heterocycles. The zero-order valence-electron chi connectivity index (χ0n) is 22.3. The number of rotatable bonds is 5. The second kappa shape index (κ2) is 8.80. The molecule has 0 radical (unpaired) electrons. The molecule has 1 amide bonds. The van der Waals surface area contributed by atoms with Crippen LogP contribution in [0.5, 0.6) is 17.2 Å². The number of phenols is 1. The van der Waals surface area contributed by atoms with Gasteiger partial charge in [0.2, 0.25) is 0 Å². The number of hydrogen-bond acceptors (Lipinski definition) is 7. The van der Waals surface area contributed by atoms with Crippen LogP contribution in [-0.4, -0.2) is 34.8 Å². The number of methoxy groups -OCH3 is 1. The number of allylic oxidation sites excluding steroid dienone is 3. The molecule has 37 heavy (non-hydrogen) atoms. The first-order chi connectivity index (χ1) is 17.3. The third-order valence-electron chi connectivity index (χ3n) is 8.01. The minimum absolute atomic E-state index is 0.000600. The minimum atomic E-state index is -1.60. The van der Waals surface area contributed by atoms with Crippen molar-refractivity contribution in [2.75, 3.05) is 7.11 Å². The predicted molar refractivity (Wildman–Crippen MR) is 137 cm³/mol. The van der Waals surface area contributed by atoms with Crippen LogP contribution in [0.4, 0.5) is 0 Å². The molecule has 1 aliphatic carbocycles. The van der Waals surface area contributed by atoms with Gasteiger partial charge in [-0.05, 0) is 81.8 Å². The van der Waals surface area contributed by atoms with E-state index in [4.69, 9.17) is 9.47 Å². The molecule has 4 rings (SSSR count). The van der Waals surface area contributed by atoms with Crippen LogP contribution in [0.15, 0.2) is 29.2 Å². The second-order valence-electron chi connectivity index (χ2n) is 9.84. The number of phenolic OH excluding ortho intramolecular Hbond substituents is 1. The summed E-state index contributed by atoms with van der Waals surface area (Å²) in [7, 11) is 1.36. The van der Waals surface area contributed by atoms with Crippen molar-refractivity contribution in [1.29, 1.82) is 0 Å². The summed E-state index contributed by atoms with van der Waals surface area (Å²) in [5.41, 5.74) is 4.77. The Labute approximate surface area is 215 Å². The van der Waals surface area contributed by atoms with E-state index in [1.165, 1.54) is 38.7 Å². The average Bonchev–Trinajstić information content (AvgIpc) is 3.14. The summed E-state index contributed by atoms with van der Waals surface area (Å²) in [6.07, 6.45) is 1.18. The van der Waals surface area contributed by atoms with Crippen LogP contribution in [0.2, 0.25) is 0 Å². The molecule has 8 heteroatoms. The van der Waals surface area contributed by atoms with Gasteiger partial charge in [0, 0.05) is 18.7 Å². The van der Waals surface area contributed by atoms with Gasteiger partial charge >= 0.3 is 0 Å². The molecule has 0 saturated heterocycles. The Morgan fingerprint density at radius 3 is 2.14 bits per heavy atom. The molecule has 2 aromatic rings. The number of carbonyl (C=O) groups is 3. The molecule has 0 spiro atoms. The van der Waals surface area contributed by atoms with Crippen molar-refractivity contribution in [2.45, 2.75) is 60.4 Å². The van der Waals surface area contributed by atoms with Gasteiger partial charge in [0.15, 0.2) is 17.3 Å². The fourth-order valence-electron chi connectivity index (χ4n) is 5.32. The van der Waals surface area contributed by atoms with E-state index in [0.29, 0.717) is 0 Å². The minimum Gasteiger partial charge on any atom is -0.507 e. The summed E-state index contributed by atoms with van der Waals surface area (Å²) >= 11 is 0. The van der Waals surface area contributed by atoms with Crippen LogP contribution in [0.3, 0.4) is 0 Å². The zero-order chi connectivity index (χ0) is 27.6. The van der Waals surface area contributed by atoms with Gasteiger partial charge < -0.3 is 25.0 Å². The maximum Gasteiger partial charge on any atom is 0.259 e. The van der Waals surface area contributed by atoms with E-state index in [1.54, 1.807) is 0 Å². The summed E-state index contributed by atoms with van der Waals surface area (Å²) in [4.78, 5) is 39.1. The van der Waals surface area contributed by atoms with E-state index < -0.39 is 28.6 Å². The highest BCUT2D eigenvalue weighted by atomic mass is 16.5. The summed E-state index contributed by atoms with van der Waals surface area (Å²) in [6.45, 7) is 13.1. The fourth-order valence-corrected chi connectivity index (χ4v) is 5.32. The van der Waals surface area contributed by atoms with Crippen LogP contribution < -0.4 is 14.8 Å². The standard InChI is InChI=1S/C29H31NO7/c1-12-13(2)15(4)18(16(5)14(12)3)11-30-28(35)24-21(36-8)9-20(33)25-26(24)37-22-10-19(32)23(17(6)31)27(34)29(22,25)7/h9-10,32-33H,11H2,1-8H3,(H,30,35)/t29-/m1/s1. The number of aromatic hydroxyl groups is 1. The molecule has 0 bridgehead atoms. The summed E-state index contributed by atoms with van der Waals surface area (Å²) < 4.78 is 11.3. The smallest absolute Gasteiger partial charge is 0.259 e. The number of Topliss-reactive ketones (excluding diaryl/α,β-unsaturated/α-hetero) is 2. The van der Waals surface area contributed by atoms with E-state index in [0.717, 1.165) is 27.8 Å². The van der Waals surface area contributed by atoms with Gasteiger partial charge in [0.05, 0.1) is 12.7 Å². The molecular formula is C29H31NO7. The highest BCUT2D eigenvalue weighted by Gasteiger charge is 2.55. The molecule has 0 fully saturated rings. The van der Waals surface area contributed by atoms with Crippen LogP contribution in [0, 0.1) is 34.6 Å². The SMILES string of the molecule is COc1cc(O)c2c(c1C(=O)NCc1c(C)c(C)c(C)c(C)c1C)OC1=CC(O)=C(C(C)=O)C(=O)[C@]12C. The number of aliphatic hydroxyl groups excluding tert-OH is 1. The molecule has 2 aliphatic rings. The van der Waals surface area contributed by atoms with E-state index in [2.05, 4.69) is 26.1 Å². The lowest BCUT2D eigenvalue weighted by Crippen LogP contribution is -2.38. The first-order valence-electron chi connectivity index (χ1n) is 11.9. The maximum absolute atomic E-state index is 13.6. The number of aliphatic hydroxyl groups is 1. The topological polar surface area (TPSA) is 122 Å². The lowest BCUT2D eigenvalue weighted by Gasteiger charge is -2.27. The van der Waals surface area contributed by atoms with E-state index in [1.807, 2.05) is 13.8 Å². The number of carbonyl (C=O) groups excluding carboxylic acids is 3.